The Morgan fingerprint density at radius 3 is 2.94 bits per heavy atom. The molecule has 0 amide bonds. The van der Waals surface area contributed by atoms with Crippen molar-refractivity contribution in [3.8, 4) is 0 Å². The van der Waals surface area contributed by atoms with Crippen LogP contribution in [0.25, 0.3) is 10.4 Å². The Kier molecular flexibility index (Phi) is 6.21. The third kappa shape index (κ3) is 4.75. The van der Waals surface area contributed by atoms with E-state index in [-0.39, 0.29) is 18.7 Å². The number of hydrogen-bond donors (Lipinski definition) is 0. The normalized spacial score (nSPS) is 26.4. The predicted molar refractivity (Wildman–Crippen MR) is 63.6 cm³/mol. The minimum Gasteiger partial charge on any atom is -0.463 e. The summed E-state index contributed by atoms with van der Waals surface area (Å²) >= 11 is 0. The van der Waals surface area contributed by atoms with Crippen molar-refractivity contribution in [1.82, 2.24) is 0 Å². The van der Waals surface area contributed by atoms with E-state index in [1.54, 1.807) is 12.2 Å². The van der Waals surface area contributed by atoms with E-state index in [0.29, 0.717) is 6.61 Å². The lowest BCUT2D eigenvalue weighted by Crippen LogP contribution is -2.38. The van der Waals surface area contributed by atoms with E-state index in [4.69, 9.17) is 19.7 Å². The molecule has 1 aliphatic rings. The third-order valence-electron chi connectivity index (χ3n) is 2.23. The molecule has 1 rings (SSSR count). The van der Waals surface area contributed by atoms with Crippen molar-refractivity contribution >= 4 is 5.97 Å². The highest BCUT2D eigenvalue weighted by Gasteiger charge is 2.27. The molecule has 0 saturated carbocycles. The van der Waals surface area contributed by atoms with Crippen molar-refractivity contribution in [2.24, 2.45) is 5.11 Å². The van der Waals surface area contributed by atoms with Gasteiger partial charge in [0.25, 0.3) is 0 Å². The molecule has 0 fully saturated rings. The second-order valence-corrected chi connectivity index (χ2v) is 3.80. The van der Waals surface area contributed by atoms with Crippen molar-refractivity contribution in [1.29, 1.82) is 0 Å². The largest absolute Gasteiger partial charge is 0.463 e. The average molecular weight is 255 g/mol. The lowest BCUT2D eigenvalue weighted by Gasteiger charge is -2.29. The van der Waals surface area contributed by atoms with Crippen molar-refractivity contribution < 1.29 is 19.0 Å². The summed E-state index contributed by atoms with van der Waals surface area (Å²) in [6.07, 6.45) is 3.24. The SMILES string of the molecule is CCCO[C@H]1O[C@H](COC(C)=O)C=C[C@@H]1N=[N+]=[N-]. The Labute approximate surface area is 105 Å². The summed E-state index contributed by atoms with van der Waals surface area (Å²) in [7, 11) is 0. The molecular formula is C11H17N3O4. The van der Waals surface area contributed by atoms with Gasteiger partial charge in [0.2, 0.25) is 0 Å². The summed E-state index contributed by atoms with van der Waals surface area (Å²) < 4.78 is 15.9. The fraction of sp³-hybridized carbons (Fsp3) is 0.727. The quantitative estimate of drug-likeness (QED) is 0.238. The maximum atomic E-state index is 10.7. The fourth-order valence-electron chi connectivity index (χ4n) is 1.45. The molecule has 0 aromatic carbocycles. The molecule has 7 heteroatoms. The highest BCUT2D eigenvalue weighted by molar-refractivity contribution is 5.65. The molecule has 0 spiro atoms. The van der Waals surface area contributed by atoms with Crippen molar-refractivity contribution in [3.63, 3.8) is 0 Å². The van der Waals surface area contributed by atoms with E-state index in [2.05, 4.69) is 10.0 Å². The van der Waals surface area contributed by atoms with E-state index in [0.717, 1.165) is 6.42 Å². The van der Waals surface area contributed by atoms with Gasteiger partial charge in [0.05, 0.1) is 0 Å². The summed E-state index contributed by atoms with van der Waals surface area (Å²) in [4.78, 5) is 13.5. The highest BCUT2D eigenvalue weighted by atomic mass is 16.7. The molecule has 0 unspecified atom stereocenters. The van der Waals surface area contributed by atoms with Gasteiger partial charge in [-0.2, -0.15) is 0 Å². The highest BCUT2D eigenvalue weighted by Crippen LogP contribution is 2.18. The molecule has 100 valence electrons. The predicted octanol–water partition coefficient (Wildman–Crippen LogP) is 1.94. The summed E-state index contributed by atoms with van der Waals surface area (Å²) in [5.41, 5.74) is 8.45. The first kappa shape index (κ1) is 14.5. The van der Waals surface area contributed by atoms with E-state index < -0.39 is 12.3 Å². The first-order chi connectivity index (χ1) is 8.67. The van der Waals surface area contributed by atoms with Gasteiger partial charge < -0.3 is 14.2 Å². The second-order valence-electron chi connectivity index (χ2n) is 3.80. The van der Waals surface area contributed by atoms with Gasteiger partial charge in [-0.05, 0) is 12.0 Å². The Morgan fingerprint density at radius 2 is 2.33 bits per heavy atom. The van der Waals surface area contributed by atoms with Crippen LogP contribution in [0.3, 0.4) is 0 Å². The minimum absolute atomic E-state index is 0.126. The first-order valence-corrected chi connectivity index (χ1v) is 5.80. The molecule has 0 aliphatic carbocycles. The average Bonchev–Trinajstić information content (AvgIpc) is 2.36. The van der Waals surface area contributed by atoms with Crippen LogP contribution in [0.2, 0.25) is 0 Å². The maximum absolute atomic E-state index is 10.7. The van der Waals surface area contributed by atoms with E-state index in [9.17, 15) is 4.79 Å². The van der Waals surface area contributed by atoms with Crippen LogP contribution in [0.15, 0.2) is 17.3 Å². The summed E-state index contributed by atoms with van der Waals surface area (Å²) in [5.74, 6) is -0.366. The first-order valence-electron chi connectivity index (χ1n) is 5.80. The number of carbonyl (C=O) groups is 1. The number of carbonyl (C=O) groups excluding carboxylic acids is 1. The van der Waals surface area contributed by atoms with E-state index >= 15 is 0 Å². The van der Waals surface area contributed by atoms with Gasteiger partial charge in [-0.25, -0.2) is 0 Å². The van der Waals surface area contributed by atoms with Crippen molar-refractivity contribution in [2.75, 3.05) is 13.2 Å². The van der Waals surface area contributed by atoms with Gasteiger partial charge in [0.1, 0.15) is 18.8 Å². The standard InChI is InChI=1S/C11H17N3O4/c1-3-6-16-11-10(13-14-12)5-4-9(18-11)7-17-8(2)15/h4-5,9-11H,3,6-7H2,1-2H3/t9-,10-,11-/m0/s1. The Hall–Kier alpha value is -1.56. The van der Waals surface area contributed by atoms with Crippen LogP contribution < -0.4 is 0 Å². The summed E-state index contributed by atoms with van der Waals surface area (Å²) in [6.45, 7) is 3.94. The number of azide groups is 1. The molecule has 0 aromatic rings. The zero-order valence-electron chi connectivity index (χ0n) is 10.5. The molecule has 7 nitrogen and oxygen atoms in total. The molecule has 0 radical (unpaired) electrons. The van der Waals surface area contributed by atoms with Crippen LogP contribution in [0.1, 0.15) is 20.3 Å². The monoisotopic (exact) mass is 255 g/mol. The van der Waals surface area contributed by atoms with E-state index in [1.807, 2.05) is 6.92 Å². The zero-order valence-corrected chi connectivity index (χ0v) is 10.5. The third-order valence-corrected chi connectivity index (χ3v) is 2.23. The molecule has 0 aromatic heterocycles. The smallest absolute Gasteiger partial charge is 0.302 e. The van der Waals surface area contributed by atoms with Gasteiger partial charge in [-0.1, -0.05) is 24.2 Å². The lowest BCUT2D eigenvalue weighted by atomic mass is 10.2. The Balaban J connectivity index is 2.58. The second kappa shape index (κ2) is 7.71. The number of ether oxygens (including phenoxy) is 3. The van der Waals surface area contributed by atoms with Crippen LogP contribution in [0.5, 0.6) is 0 Å². The van der Waals surface area contributed by atoms with Crippen molar-refractivity contribution in [2.45, 2.75) is 38.7 Å². The number of nitrogens with zero attached hydrogens (tertiary/aromatic N) is 3. The summed E-state index contributed by atoms with van der Waals surface area (Å²) in [5, 5.41) is 3.58. The Bertz CT molecular complexity index is 352. The molecular weight excluding hydrogens is 238 g/mol. The fourth-order valence-corrected chi connectivity index (χ4v) is 1.45. The van der Waals surface area contributed by atoms with Crippen LogP contribution in [0.4, 0.5) is 0 Å². The molecule has 18 heavy (non-hydrogen) atoms. The zero-order chi connectivity index (χ0) is 13.4. The number of esters is 1. The molecule has 0 saturated heterocycles. The Morgan fingerprint density at radius 1 is 1.56 bits per heavy atom. The van der Waals surface area contributed by atoms with Gasteiger partial charge in [-0.3, -0.25) is 4.79 Å². The van der Waals surface area contributed by atoms with Crippen LogP contribution in [0, 0.1) is 0 Å². The van der Waals surface area contributed by atoms with Crippen LogP contribution in [-0.2, 0) is 19.0 Å². The lowest BCUT2D eigenvalue weighted by molar-refractivity contribution is -0.183. The van der Waals surface area contributed by atoms with Gasteiger partial charge in [-0.15, -0.1) is 0 Å². The molecule has 1 aliphatic heterocycles. The van der Waals surface area contributed by atoms with Gasteiger partial charge in [0.15, 0.2) is 6.29 Å². The maximum Gasteiger partial charge on any atom is 0.302 e. The minimum atomic E-state index is -0.633. The molecule has 3 atom stereocenters. The molecule has 0 bridgehead atoms. The van der Waals surface area contributed by atoms with Crippen LogP contribution >= 0.6 is 0 Å². The van der Waals surface area contributed by atoms with Gasteiger partial charge in [0, 0.05) is 18.4 Å². The van der Waals surface area contributed by atoms with Crippen LogP contribution in [-0.4, -0.2) is 37.6 Å². The number of rotatable bonds is 6. The topological polar surface area (TPSA) is 93.5 Å². The number of hydrogen-bond acceptors (Lipinski definition) is 5. The van der Waals surface area contributed by atoms with E-state index in [1.165, 1.54) is 6.92 Å². The summed E-state index contributed by atoms with van der Waals surface area (Å²) in [6, 6.07) is -0.491. The molecule has 1 heterocycles. The van der Waals surface area contributed by atoms with Crippen molar-refractivity contribution in [3.05, 3.63) is 22.6 Å². The van der Waals surface area contributed by atoms with Gasteiger partial charge >= 0.3 is 5.97 Å². The molecule has 0 N–H and O–H groups in total.